The Hall–Kier alpha value is -2.28. The van der Waals surface area contributed by atoms with Crippen LogP contribution >= 0.6 is 11.3 Å². The second kappa shape index (κ2) is 8.71. The maximum Gasteiger partial charge on any atom is 0.319 e. The molecule has 1 aliphatic heterocycles. The summed E-state index contributed by atoms with van der Waals surface area (Å²) in [5, 5.41) is 8.92. The molecule has 2 amide bonds. The van der Waals surface area contributed by atoms with Gasteiger partial charge in [0.1, 0.15) is 5.75 Å². The quantitative estimate of drug-likeness (QED) is 0.826. The summed E-state index contributed by atoms with van der Waals surface area (Å²) >= 11 is 1.67. The molecule has 0 saturated carbocycles. The molecule has 1 atom stereocenters. The van der Waals surface area contributed by atoms with Gasteiger partial charge in [-0.1, -0.05) is 0 Å². The van der Waals surface area contributed by atoms with E-state index in [1.54, 1.807) is 11.3 Å². The van der Waals surface area contributed by atoms with Crippen molar-refractivity contribution >= 4 is 28.2 Å². The van der Waals surface area contributed by atoms with E-state index in [4.69, 9.17) is 4.74 Å². The summed E-state index contributed by atoms with van der Waals surface area (Å²) in [5.41, 5.74) is 0.758. The molecule has 2 heterocycles. The molecule has 2 N–H and O–H groups in total. The number of carbonyl (C=O) groups is 1. The van der Waals surface area contributed by atoms with Gasteiger partial charge in [-0.15, -0.1) is 11.3 Å². The van der Waals surface area contributed by atoms with Crippen molar-refractivity contribution in [3.05, 3.63) is 35.8 Å². The summed E-state index contributed by atoms with van der Waals surface area (Å²) in [7, 11) is 0. The second-order valence-electron chi connectivity index (χ2n) is 6.06. The Labute approximate surface area is 152 Å². The van der Waals surface area contributed by atoms with Crippen LogP contribution in [0.1, 0.15) is 19.8 Å². The van der Waals surface area contributed by atoms with E-state index in [0.29, 0.717) is 19.1 Å². The number of aromatic nitrogens is 1. The predicted octanol–water partition coefficient (Wildman–Crippen LogP) is 3.58. The van der Waals surface area contributed by atoms with Crippen LogP contribution in [0.25, 0.3) is 0 Å². The minimum absolute atomic E-state index is 0.171. The fourth-order valence-corrected chi connectivity index (χ4v) is 3.67. The first-order valence-electron chi connectivity index (χ1n) is 8.66. The van der Waals surface area contributed by atoms with Crippen LogP contribution in [0.5, 0.6) is 5.75 Å². The SMILES string of the molecule is CCOc1ccc(NC(=O)NCC2CCCN(c3nccs3)C2)cc1. The fourth-order valence-electron chi connectivity index (χ4n) is 2.99. The lowest BCUT2D eigenvalue weighted by Crippen LogP contribution is -2.42. The molecule has 0 bridgehead atoms. The average molecular weight is 360 g/mol. The van der Waals surface area contributed by atoms with Crippen molar-refractivity contribution in [2.45, 2.75) is 19.8 Å². The standard InChI is InChI=1S/C18H24N4O2S/c1-2-24-16-7-5-15(6-8-16)21-17(23)20-12-14-4-3-10-22(13-14)18-19-9-11-25-18/h5-9,11,14H,2-4,10,12-13H2,1H3,(H2,20,21,23). The van der Waals surface area contributed by atoms with Gasteiger partial charge in [0.25, 0.3) is 0 Å². The van der Waals surface area contributed by atoms with Crippen LogP contribution < -0.4 is 20.3 Å². The van der Waals surface area contributed by atoms with Crippen LogP contribution in [0, 0.1) is 5.92 Å². The number of nitrogens with one attached hydrogen (secondary N) is 2. The van der Waals surface area contributed by atoms with Gasteiger partial charge >= 0.3 is 6.03 Å². The summed E-state index contributed by atoms with van der Waals surface area (Å²) < 4.78 is 5.40. The highest BCUT2D eigenvalue weighted by Crippen LogP contribution is 2.24. The number of piperidine rings is 1. The number of urea groups is 1. The molecule has 25 heavy (non-hydrogen) atoms. The summed E-state index contributed by atoms with van der Waals surface area (Å²) in [6.45, 7) is 5.23. The van der Waals surface area contributed by atoms with E-state index >= 15 is 0 Å². The zero-order chi connectivity index (χ0) is 17.5. The summed E-state index contributed by atoms with van der Waals surface area (Å²) in [4.78, 5) is 18.8. The van der Waals surface area contributed by atoms with Crippen molar-refractivity contribution in [2.75, 3.05) is 36.5 Å². The molecule has 0 radical (unpaired) electrons. The molecule has 0 spiro atoms. The first-order chi connectivity index (χ1) is 12.2. The second-order valence-corrected chi connectivity index (χ2v) is 6.93. The number of anilines is 2. The molecule has 6 nitrogen and oxygen atoms in total. The van der Waals surface area contributed by atoms with Crippen molar-refractivity contribution in [1.29, 1.82) is 0 Å². The van der Waals surface area contributed by atoms with Crippen molar-refractivity contribution in [1.82, 2.24) is 10.3 Å². The first-order valence-corrected chi connectivity index (χ1v) is 9.54. The Morgan fingerprint density at radius 3 is 2.96 bits per heavy atom. The Bertz CT molecular complexity index is 660. The molecule has 3 rings (SSSR count). The lowest BCUT2D eigenvalue weighted by Gasteiger charge is -2.32. The molecule has 134 valence electrons. The van der Waals surface area contributed by atoms with Gasteiger partial charge in [-0.25, -0.2) is 9.78 Å². The zero-order valence-electron chi connectivity index (χ0n) is 14.4. The predicted molar refractivity (Wildman–Crippen MR) is 102 cm³/mol. The smallest absolute Gasteiger partial charge is 0.319 e. The maximum atomic E-state index is 12.1. The summed E-state index contributed by atoms with van der Waals surface area (Å²) in [5.74, 6) is 1.25. The van der Waals surface area contributed by atoms with E-state index in [1.807, 2.05) is 42.8 Å². The molecule has 1 unspecified atom stereocenters. The van der Waals surface area contributed by atoms with Gasteiger partial charge < -0.3 is 20.3 Å². The van der Waals surface area contributed by atoms with Crippen LogP contribution in [-0.2, 0) is 0 Å². The molecule has 1 aromatic heterocycles. The van der Waals surface area contributed by atoms with Gasteiger partial charge in [-0.3, -0.25) is 0 Å². The Balaban J connectivity index is 1.44. The van der Waals surface area contributed by atoms with Crippen LogP contribution in [0.2, 0.25) is 0 Å². The maximum absolute atomic E-state index is 12.1. The number of benzene rings is 1. The normalized spacial score (nSPS) is 17.2. The van der Waals surface area contributed by atoms with Crippen molar-refractivity contribution < 1.29 is 9.53 Å². The number of amides is 2. The molecule has 1 saturated heterocycles. The molecule has 2 aromatic rings. The topological polar surface area (TPSA) is 66.5 Å². The molecule has 0 aliphatic carbocycles. The molecular formula is C18H24N4O2S. The van der Waals surface area contributed by atoms with E-state index < -0.39 is 0 Å². The Kier molecular flexibility index (Phi) is 6.11. The minimum atomic E-state index is -0.171. The van der Waals surface area contributed by atoms with E-state index in [-0.39, 0.29) is 6.03 Å². The van der Waals surface area contributed by atoms with Gasteiger partial charge in [0.2, 0.25) is 0 Å². The summed E-state index contributed by atoms with van der Waals surface area (Å²) in [6.07, 6.45) is 4.10. The number of nitrogens with zero attached hydrogens (tertiary/aromatic N) is 2. The molecule has 1 aliphatic rings. The Morgan fingerprint density at radius 2 is 2.24 bits per heavy atom. The third kappa shape index (κ3) is 5.09. The van der Waals surface area contributed by atoms with Crippen LogP contribution in [0.4, 0.5) is 15.6 Å². The van der Waals surface area contributed by atoms with Crippen molar-refractivity contribution in [3.63, 3.8) is 0 Å². The largest absolute Gasteiger partial charge is 0.494 e. The van der Waals surface area contributed by atoms with Gasteiger partial charge in [0, 0.05) is 36.9 Å². The number of thiazole rings is 1. The molecule has 7 heteroatoms. The third-order valence-electron chi connectivity index (χ3n) is 4.18. The number of rotatable bonds is 6. The lowest BCUT2D eigenvalue weighted by atomic mass is 9.98. The van der Waals surface area contributed by atoms with Gasteiger partial charge in [-0.05, 0) is 49.9 Å². The lowest BCUT2D eigenvalue weighted by molar-refractivity contribution is 0.249. The average Bonchev–Trinajstić information content (AvgIpc) is 3.17. The molecular weight excluding hydrogens is 336 g/mol. The first kappa shape index (κ1) is 17.5. The number of carbonyl (C=O) groups excluding carboxylic acids is 1. The van der Waals surface area contributed by atoms with Crippen molar-refractivity contribution in [3.8, 4) is 5.75 Å². The molecule has 1 aromatic carbocycles. The number of hydrogen-bond donors (Lipinski definition) is 2. The zero-order valence-corrected chi connectivity index (χ0v) is 15.2. The number of ether oxygens (including phenoxy) is 1. The Morgan fingerprint density at radius 1 is 1.40 bits per heavy atom. The molecule has 1 fully saturated rings. The van der Waals surface area contributed by atoms with Crippen molar-refractivity contribution in [2.24, 2.45) is 5.92 Å². The third-order valence-corrected chi connectivity index (χ3v) is 5.02. The van der Waals surface area contributed by atoms with Gasteiger partial charge in [0.05, 0.1) is 6.61 Å². The van der Waals surface area contributed by atoms with Crippen LogP contribution in [-0.4, -0.2) is 37.3 Å². The summed E-state index contributed by atoms with van der Waals surface area (Å²) in [6, 6.07) is 7.22. The number of hydrogen-bond acceptors (Lipinski definition) is 5. The van der Waals surface area contributed by atoms with E-state index in [9.17, 15) is 4.79 Å². The highest BCUT2D eigenvalue weighted by atomic mass is 32.1. The van der Waals surface area contributed by atoms with Gasteiger partial charge in [-0.2, -0.15) is 0 Å². The minimum Gasteiger partial charge on any atom is -0.494 e. The van der Waals surface area contributed by atoms with Gasteiger partial charge in [0.15, 0.2) is 5.13 Å². The van der Waals surface area contributed by atoms with Crippen LogP contribution in [0.15, 0.2) is 35.8 Å². The highest BCUT2D eigenvalue weighted by molar-refractivity contribution is 7.13. The fraction of sp³-hybridized carbons (Fsp3) is 0.444. The van der Waals surface area contributed by atoms with E-state index in [0.717, 1.165) is 42.5 Å². The van der Waals surface area contributed by atoms with E-state index in [2.05, 4.69) is 20.5 Å². The monoisotopic (exact) mass is 360 g/mol. The van der Waals surface area contributed by atoms with E-state index in [1.165, 1.54) is 0 Å². The highest BCUT2D eigenvalue weighted by Gasteiger charge is 2.21. The van der Waals surface area contributed by atoms with Crippen LogP contribution in [0.3, 0.4) is 0 Å².